The molecule has 0 atom stereocenters. The first-order valence-electron chi connectivity index (χ1n) is 4.47. The lowest BCUT2D eigenvalue weighted by Crippen LogP contribution is -2.17. The van der Waals surface area contributed by atoms with Gasteiger partial charge in [-0.15, -0.1) is 6.58 Å². The Bertz CT molecular complexity index is 323. The zero-order valence-electron chi connectivity index (χ0n) is 8.33. The summed E-state index contributed by atoms with van der Waals surface area (Å²) in [4.78, 5) is 2.15. The number of hydrogen-bond donors (Lipinski definition) is 1. The van der Waals surface area contributed by atoms with Gasteiger partial charge in [-0.3, -0.25) is 4.90 Å². The second-order valence-electron chi connectivity index (χ2n) is 3.34. The number of nitrogens with two attached hydrogens (primary N) is 1. The maximum absolute atomic E-state index is 5.91. The van der Waals surface area contributed by atoms with Gasteiger partial charge in [0.1, 0.15) is 0 Å². The second-order valence-corrected chi connectivity index (χ2v) is 3.75. The monoisotopic (exact) mass is 210 g/mol. The first kappa shape index (κ1) is 11.1. The lowest BCUT2D eigenvalue weighted by atomic mass is 10.2. The Labute approximate surface area is 90.0 Å². The third-order valence-corrected chi connectivity index (χ3v) is 2.29. The van der Waals surface area contributed by atoms with E-state index in [2.05, 4.69) is 11.5 Å². The van der Waals surface area contributed by atoms with Crippen LogP contribution in [0.5, 0.6) is 0 Å². The summed E-state index contributed by atoms with van der Waals surface area (Å²) in [5, 5.41) is 0.620. The maximum atomic E-state index is 5.91. The van der Waals surface area contributed by atoms with Crippen LogP contribution in [0.2, 0.25) is 5.02 Å². The van der Waals surface area contributed by atoms with Gasteiger partial charge in [0.25, 0.3) is 0 Å². The summed E-state index contributed by atoms with van der Waals surface area (Å²) in [7, 11) is 2.03. The molecule has 0 aliphatic carbocycles. The number of halogens is 1. The zero-order valence-corrected chi connectivity index (χ0v) is 9.09. The van der Waals surface area contributed by atoms with E-state index in [1.165, 1.54) is 0 Å². The van der Waals surface area contributed by atoms with Crippen molar-refractivity contribution in [2.24, 2.45) is 0 Å². The summed E-state index contributed by atoms with van der Waals surface area (Å²) in [6.45, 7) is 5.40. The minimum absolute atomic E-state index is 0.620. The Morgan fingerprint density at radius 3 is 2.86 bits per heavy atom. The van der Waals surface area contributed by atoms with Crippen molar-refractivity contribution in [2.75, 3.05) is 19.3 Å². The Hall–Kier alpha value is -0.990. The largest absolute Gasteiger partial charge is 0.398 e. The molecule has 0 unspecified atom stereocenters. The standard InChI is InChI=1S/C11H15ClN2/c1-3-6-14(2)8-9-4-5-11(13)10(12)7-9/h3-5,7H,1,6,8,13H2,2H3. The predicted octanol–water partition coefficient (Wildman–Crippen LogP) is 2.54. The molecule has 0 saturated carbocycles. The second kappa shape index (κ2) is 5.03. The van der Waals surface area contributed by atoms with Gasteiger partial charge in [-0.2, -0.15) is 0 Å². The molecule has 2 N–H and O–H groups in total. The smallest absolute Gasteiger partial charge is 0.0638 e. The van der Waals surface area contributed by atoms with Gasteiger partial charge in [0.2, 0.25) is 0 Å². The van der Waals surface area contributed by atoms with Crippen molar-refractivity contribution in [3.05, 3.63) is 41.4 Å². The number of benzene rings is 1. The number of nitrogen functional groups attached to an aromatic ring is 1. The SMILES string of the molecule is C=CCN(C)Cc1ccc(N)c(Cl)c1. The predicted molar refractivity (Wildman–Crippen MR) is 62.4 cm³/mol. The third-order valence-electron chi connectivity index (χ3n) is 1.96. The van der Waals surface area contributed by atoms with Gasteiger partial charge in [0.15, 0.2) is 0 Å². The van der Waals surface area contributed by atoms with Gasteiger partial charge in [0, 0.05) is 13.1 Å². The van der Waals surface area contributed by atoms with E-state index in [1.807, 2.05) is 31.3 Å². The minimum Gasteiger partial charge on any atom is -0.398 e. The van der Waals surface area contributed by atoms with E-state index < -0.39 is 0 Å². The number of anilines is 1. The van der Waals surface area contributed by atoms with Crippen molar-refractivity contribution in [3.63, 3.8) is 0 Å². The summed E-state index contributed by atoms with van der Waals surface area (Å²) < 4.78 is 0. The van der Waals surface area contributed by atoms with Crippen LogP contribution < -0.4 is 5.73 Å². The average Bonchev–Trinajstić information content (AvgIpc) is 2.12. The molecule has 1 rings (SSSR count). The summed E-state index contributed by atoms with van der Waals surface area (Å²) in [5.41, 5.74) is 7.40. The Balaban J connectivity index is 2.67. The lowest BCUT2D eigenvalue weighted by molar-refractivity contribution is 0.364. The van der Waals surface area contributed by atoms with E-state index in [-0.39, 0.29) is 0 Å². The highest BCUT2D eigenvalue weighted by atomic mass is 35.5. The molecule has 0 aliphatic rings. The van der Waals surface area contributed by atoms with Crippen LogP contribution in [-0.4, -0.2) is 18.5 Å². The molecule has 3 heteroatoms. The highest BCUT2D eigenvalue weighted by molar-refractivity contribution is 6.33. The van der Waals surface area contributed by atoms with Crippen molar-refractivity contribution < 1.29 is 0 Å². The van der Waals surface area contributed by atoms with Crippen LogP contribution in [0.4, 0.5) is 5.69 Å². The van der Waals surface area contributed by atoms with Crippen molar-refractivity contribution in [1.82, 2.24) is 4.90 Å². The minimum atomic E-state index is 0.620. The Kier molecular flexibility index (Phi) is 3.98. The fraction of sp³-hybridized carbons (Fsp3) is 0.273. The van der Waals surface area contributed by atoms with E-state index >= 15 is 0 Å². The first-order chi connectivity index (χ1) is 6.63. The third kappa shape index (κ3) is 3.05. The molecular weight excluding hydrogens is 196 g/mol. The molecule has 1 aromatic carbocycles. The van der Waals surface area contributed by atoms with Crippen LogP contribution in [0.15, 0.2) is 30.9 Å². The number of nitrogens with zero attached hydrogens (tertiary/aromatic N) is 1. The van der Waals surface area contributed by atoms with Crippen molar-refractivity contribution in [2.45, 2.75) is 6.54 Å². The van der Waals surface area contributed by atoms with Gasteiger partial charge in [-0.1, -0.05) is 23.7 Å². The number of likely N-dealkylation sites (N-methyl/N-ethyl adjacent to an activating group) is 1. The molecule has 76 valence electrons. The highest BCUT2D eigenvalue weighted by Crippen LogP contribution is 2.20. The van der Waals surface area contributed by atoms with Gasteiger partial charge in [-0.25, -0.2) is 0 Å². The molecule has 0 amide bonds. The molecule has 14 heavy (non-hydrogen) atoms. The van der Waals surface area contributed by atoms with E-state index in [9.17, 15) is 0 Å². The summed E-state index contributed by atoms with van der Waals surface area (Å²) in [6.07, 6.45) is 1.87. The first-order valence-corrected chi connectivity index (χ1v) is 4.84. The molecular formula is C11H15ClN2. The van der Waals surface area contributed by atoms with Crippen LogP contribution >= 0.6 is 11.6 Å². The lowest BCUT2D eigenvalue weighted by Gasteiger charge is -2.14. The molecule has 0 bridgehead atoms. The van der Waals surface area contributed by atoms with Crippen molar-refractivity contribution in [3.8, 4) is 0 Å². The molecule has 0 saturated heterocycles. The Morgan fingerprint density at radius 2 is 2.29 bits per heavy atom. The average molecular weight is 211 g/mol. The van der Waals surface area contributed by atoms with Crippen LogP contribution in [0, 0.1) is 0 Å². The number of hydrogen-bond acceptors (Lipinski definition) is 2. The van der Waals surface area contributed by atoms with E-state index in [0.717, 1.165) is 18.7 Å². The molecule has 0 fully saturated rings. The normalized spacial score (nSPS) is 10.5. The van der Waals surface area contributed by atoms with Gasteiger partial charge < -0.3 is 5.73 Å². The number of rotatable bonds is 4. The van der Waals surface area contributed by atoms with Crippen LogP contribution in [0.3, 0.4) is 0 Å². The molecule has 2 nitrogen and oxygen atoms in total. The summed E-state index contributed by atoms with van der Waals surface area (Å²) >= 11 is 5.91. The molecule has 0 spiro atoms. The van der Waals surface area contributed by atoms with Gasteiger partial charge >= 0.3 is 0 Å². The maximum Gasteiger partial charge on any atom is 0.0638 e. The molecule has 0 radical (unpaired) electrons. The van der Waals surface area contributed by atoms with E-state index in [0.29, 0.717) is 10.7 Å². The van der Waals surface area contributed by atoms with Crippen LogP contribution in [0.1, 0.15) is 5.56 Å². The molecule has 0 aromatic heterocycles. The quantitative estimate of drug-likeness (QED) is 0.612. The molecule has 0 aliphatic heterocycles. The Morgan fingerprint density at radius 1 is 1.57 bits per heavy atom. The molecule has 1 aromatic rings. The fourth-order valence-corrected chi connectivity index (χ4v) is 1.47. The van der Waals surface area contributed by atoms with E-state index in [1.54, 1.807) is 0 Å². The summed E-state index contributed by atoms with van der Waals surface area (Å²) in [5.74, 6) is 0. The van der Waals surface area contributed by atoms with Crippen molar-refractivity contribution in [1.29, 1.82) is 0 Å². The van der Waals surface area contributed by atoms with E-state index in [4.69, 9.17) is 17.3 Å². The highest BCUT2D eigenvalue weighted by Gasteiger charge is 2.01. The topological polar surface area (TPSA) is 29.3 Å². The van der Waals surface area contributed by atoms with Crippen molar-refractivity contribution >= 4 is 17.3 Å². The summed E-state index contributed by atoms with van der Waals surface area (Å²) in [6, 6.07) is 5.72. The fourth-order valence-electron chi connectivity index (χ4n) is 1.27. The molecule has 0 heterocycles. The van der Waals surface area contributed by atoms with Gasteiger partial charge in [0.05, 0.1) is 10.7 Å². The zero-order chi connectivity index (χ0) is 10.6. The van der Waals surface area contributed by atoms with Crippen LogP contribution in [0.25, 0.3) is 0 Å². The van der Waals surface area contributed by atoms with Crippen LogP contribution in [-0.2, 0) is 6.54 Å². The van der Waals surface area contributed by atoms with Gasteiger partial charge in [-0.05, 0) is 24.7 Å².